The Morgan fingerprint density at radius 1 is 1.09 bits per heavy atom. The second-order valence-corrected chi connectivity index (χ2v) is 9.15. The summed E-state index contributed by atoms with van der Waals surface area (Å²) in [5, 5.41) is 7.64. The quantitative estimate of drug-likeness (QED) is 0.521. The van der Waals surface area contributed by atoms with Crippen LogP contribution in [0.25, 0.3) is 0 Å². The molecule has 1 aliphatic carbocycles. The van der Waals surface area contributed by atoms with Crippen molar-refractivity contribution in [2.75, 3.05) is 11.4 Å². The average Bonchev–Trinajstić information content (AvgIpc) is 3.60. The molecule has 0 aliphatic heterocycles. The molecule has 1 fully saturated rings. The number of aryl methyl sites for hydroxylation is 1. The van der Waals surface area contributed by atoms with Crippen LogP contribution in [0.2, 0.25) is 0 Å². The summed E-state index contributed by atoms with van der Waals surface area (Å²) in [6.07, 6.45) is 5.47. The van der Waals surface area contributed by atoms with E-state index in [1.165, 1.54) is 28.6 Å². The van der Waals surface area contributed by atoms with Crippen LogP contribution in [0.15, 0.2) is 64.6 Å². The zero-order valence-electron chi connectivity index (χ0n) is 18.5. The normalized spacial score (nSPS) is 14.6. The van der Waals surface area contributed by atoms with Gasteiger partial charge in [-0.1, -0.05) is 36.6 Å². The van der Waals surface area contributed by atoms with E-state index in [9.17, 15) is 14.4 Å². The number of hydrogen-bond acceptors (Lipinski definition) is 5. The molecule has 3 aromatic rings. The third kappa shape index (κ3) is 5.51. The van der Waals surface area contributed by atoms with Crippen LogP contribution >= 0.6 is 11.3 Å². The van der Waals surface area contributed by atoms with Crippen LogP contribution in [-0.2, 0) is 9.59 Å². The number of carbonyl (C=O) groups excluding carboxylic acids is 3. The first-order chi connectivity index (χ1) is 16.0. The maximum Gasteiger partial charge on any atom is 0.287 e. The van der Waals surface area contributed by atoms with E-state index in [1.54, 1.807) is 6.07 Å². The van der Waals surface area contributed by atoms with Gasteiger partial charge in [-0.2, -0.15) is 0 Å². The van der Waals surface area contributed by atoms with E-state index in [-0.39, 0.29) is 24.3 Å². The van der Waals surface area contributed by atoms with E-state index in [0.29, 0.717) is 5.69 Å². The molecule has 0 radical (unpaired) electrons. The Morgan fingerprint density at radius 2 is 1.85 bits per heavy atom. The molecule has 0 bridgehead atoms. The summed E-state index contributed by atoms with van der Waals surface area (Å²) in [4.78, 5) is 41.6. The molecule has 2 N–H and O–H groups in total. The highest BCUT2D eigenvalue weighted by Gasteiger charge is 2.35. The number of anilines is 1. The van der Waals surface area contributed by atoms with Crippen LogP contribution in [0.1, 0.15) is 52.7 Å². The molecular weight excluding hydrogens is 438 g/mol. The van der Waals surface area contributed by atoms with Gasteiger partial charge >= 0.3 is 0 Å². The van der Waals surface area contributed by atoms with Crippen molar-refractivity contribution in [1.29, 1.82) is 0 Å². The Bertz CT molecular complexity index is 1070. The molecule has 7 nitrogen and oxygen atoms in total. The molecule has 1 atom stereocenters. The van der Waals surface area contributed by atoms with Crippen molar-refractivity contribution in [1.82, 2.24) is 10.6 Å². The highest BCUT2D eigenvalue weighted by atomic mass is 32.1. The van der Waals surface area contributed by atoms with Gasteiger partial charge in [-0.3, -0.25) is 19.3 Å². The number of thiophene rings is 1. The predicted molar refractivity (Wildman–Crippen MR) is 127 cm³/mol. The number of benzene rings is 1. The van der Waals surface area contributed by atoms with Crippen molar-refractivity contribution >= 4 is 34.7 Å². The van der Waals surface area contributed by atoms with Gasteiger partial charge in [0, 0.05) is 16.6 Å². The number of furan rings is 1. The number of nitrogens with zero attached hydrogens (tertiary/aromatic N) is 1. The van der Waals surface area contributed by atoms with Gasteiger partial charge < -0.3 is 15.1 Å². The molecule has 0 unspecified atom stereocenters. The molecule has 0 saturated heterocycles. The monoisotopic (exact) mass is 465 g/mol. The summed E-state index contributed by atoms with van der Waals surface area (Å²) in [5.41, 5.74) is 1.64. The summed E-state index contributed by atoms with van der Waals surface area (Å²) in [6, 6.07) is 13.6. The molecule has 2 heterocycles. The first-order valence-corrected chi connectivity index (χ1v) is 11.9. The van der Waals surface area contributed by atoms with Gasteiger partial charge in [-0.25, -0.2) is 0 Å². The number of nitrogens with one attached hydrogen (secondary N) is 2. The highest BCUT2D eigenvalue weighted by molar-refractivity contribution is 7.10. The fourth-order valence-corrected chi connectivity index (χ4v) is 4.86. The lowest BCUT2D eigenvalue weighted by atomic mass is 10.1. The first-order valence-electron chi connectivity index (χ1n) is 11.1. The number of amides is 3. The standard InChI is InChI=1S/C25H27N3O4S/c1-17-10-12-19(13-11-17)28(22(29)16-26-24(30)20-8-4-14-32-20)23(21-9-5-15-33-21)25(31)27-18-6-2-3-7-18/h4-5,8-15,18,23H,2-3,6-7,16H2,1H3,(H,26,30)(H,27,31)/t23-/m1/s1. The van der Waals surface area contributed by atoms with Gasteiger partial charge in [-0.05, 0) is 55.5 Å². The summed E-state index contributed by atoms with van der Waals surface area (Å²) in [7, 11) is 0. The van der Waals surface area contributed by atoms with Gasteiger partial charge in [0.2, 0.25) is 11.8 Å². The number of rotatable bonds is 8. The van der Waals surface area contributed by atoms with Crippen LogP contribution in [0, 0.1) is 6.92 Å². The van der Waals surface area contributed by atoms with Gasteiger partial charge in [0.15, 0.2) is 5.76 Å². The fourth-order valence-electron chi connectivity index (χ4n) is 4.05. The van der Waals surface area contributed by atoms with Crippen molar-refractivity contribution in [2.24, 2.45) is 0 Å². The Labute approximate surface area is 196 Å². The number of carbonyl (C=O) groups is 3. The second kappa shape index (κ2) is 10.5. The zero-order valence-corrected chi connectivity index (χ0v) is 19.3. The molecule has 3 amide bonds. The van der Waals surface area contributed by atoms with Crippen molar-refractivity contribution in [3.05, 3.63) is 76.4 Å². The van der Waals surface area contributed by atoms with Gasteiger partial charge in [0.05, 0.1) is 12.8 Å². The van der Waals surface area contributed by atoms with Crippen LogP contribution in [0.3, 0.4) is 0 Å². The minimum absolute atomic E-state index is 0.119. The summed E-state index contributed by atoms with van der Waals surface area (Å²) >= 11 is 1.43. The fraction of sp³-hybridized carbons (Fsp3) is 0.320. The lowest BCUT2D eigenvalue weighted by molar-refractivity contribution is -0.126. The van der Waals surface area contributed by atoms with E-state index in [4.69, 9.17) is 4.42 Å². The van der Waals surface area contributed by atoms with Crippen LogP contribution in [-0.4, -0.2) is 30.3 Å². The molecule has 8 heteroatoms. The van der Waals surface area contributed by atoms with Crippen molar-refractivity contribution in [3.63, 3.8) is 0 Å². The minimum atomic E-state index is -0.832. The van der Waals surface area contributed by atoms with E-state index >= 15 is 0 Å². The van der Waals surface area contributed by atoms with Crippen LogP contribution < -0.4 is 15.5 Å². The third-order valence-corrected chi connectivity index (χ3v) is 6.67. The van der Waals surface area contributed by atoms with Crippen molar-refractivity contribution in [2.45, 2.75) is 44.7 Å². The molecule has 0 spiro atoms. The molecule has 4 rings (SSSR count). The third-order valence-electron chi connectivity index (χ3n) is 5.75. The summed E-state index contributed by atoms with van der Waals surface area (Å²) < 4.78 is 5.11. The molecule has 1 saturated carbocycles. The summed E-state index contributed by atoms with van der Waals surface area (Å²) in [5.74, 6) is -0.965. The first kappa shape index (κ1) is 22.8. The maximum atomic E-state index is 13.5. The molecule has 172 valence electrons. The largest absolute Gasteiger partial charge is 0.459 e. The maximum absolute atomic E-state index is 13.5. The van der Waals surface area contributed by atoms with Gasteiger partial charge in [0.1, 0.15) is 6.04 Å². The average molecular weight is 466 g/mol. The van der Waals surface area contributed by atoms with E-state index in [2.05, 4.69) is 10.6 Å². The SMILES string of the molecule is Cc1ccc(N(C(=O)CNC(=O)c2ccco2)[C@@H](C(=O)NC2CCCC2)c2cccs2)cc1. The Balaban J connectivity index is 1.63. The zero-order chi connectivity index (χ0) is 23.2. The second-order valence-electron chi connectivity index (χ2n) is 8.17. The Hall–Kier alpha value is -3.39. The predicted octanol–water partition coefficient (Wildman–Crippen LogP) is 4.21. The van der Waals surface area contributed by atoms with Gasteiger partial charge in [0.25, 0.3) is 5.91 Å². The van der Waals surface area contributed by atoms with Crippen molar-refractivity contribution < 1.29 is 18.8 Å². The highest BCUT2D eigenvalue weighted by Crippen LogP contribution is 2.31. The number of hydrogen-bond donors (Lipinski definition) is 2. The topological polar surface area (TPSA) is 91.7 Å². The summed E-state index contributed by atoms with van der Waals surface area (Å²) in [6.45, 7) is 1.69. The van der Waals surface area contributed by atoms with Crippen molar-refractivity contribution in [3.8, 4) is 0 Å². The Kier molecular flexibility index (Phi) is 7.24. The molecule has 2 aromatic heterocycles. The minimum Gasteiger partial charge on any atom is -0.459 e. The molecular formula is C25H27N3O4S. The van der Waals surface area contributed by atoms with E-state index in [1.807, 2.05) is 48.7 Å². The molecule has 1 aromatic carbocycles. The smallest absolute Gasteiger partial charge is 0.287 e. The lowest BCUT2D eigenvalue weighted by Crippen LogP contribution is -2.49. The van der Waals surface area contributed by atoms with E-state index in [0.717, 1.165) is 36.1 Å². The Morgan fingerprint density at radius 3 is 2.48 bits per heavy atom. The molecule has 33 heavy (non-hydrogen) atoms. The van der Waals surface area contributed by atoms with Gasteiger partial charge in [-0.15, -0.1) is 11.3 Å². The molecule has 1 aliphatic rings. The van der Waals surface area contributed by atoms with Crippen LogP contribution in [0.4, 0.5) is 5.69 Å². The lowest BCUT2D eigenvalue weighted by Gasteiger charge is -2.31. The van der Waals surface area contributed by atoms with Crippen LogP contribution in [0.5, 0.6) is 0 Å². The van der Waals surface area contributed by atoms with E-state index < -0.39 is 17.9 Å².